The number of amides is 1. The van der Waals surface area contributed by atoms with Crippen LogP contribution in [0.5, 0.6) is 5.75 Å². The summed E-state index contributed by atoms with van der Waals surface area (Å²) < 4.78 is 50.8. The Bertz CT molecular complexity index is 1240. The first kappa shape index (κ1) is 24.5. The number of ether oxygens (including phenoxy) is 1. The van der Waals surface area contributed by atoms with E-state index in [2.05, 4.69) is 15.3 Å². The van der Waals surface area contributed by atoms with Crippen LogP contribution >= 0.6 is 0 Å². The molecule has 0 unspecified atom stereocenters. The van der Waals surface area contributed by atoms with Gasteiger partial charge < -0.3 is 20.1 Å². The number of hydrogen-bond donors (Lipinski definition) is 3. The maximum absolute atomic E-state index is 14.0. The van der Waals surface area contributed by atoms with Crippen LogP contribution in [0.25, 0.3) is 23.4 Å². The molecule has 3 aromatic rings. The molecule has 7 nitrogen and oxygen atoms in total. The second-order valence-corrected chi connectivity index (χ2v) is 7.07. The quantitative estimate of drug-likeness (QED) is 0.486. The Balaban J connectivity index is 0.000000406. The van der Waals surface area contributed by atoms with Gasteiger partial charge in [0.2, 0.25) is 0 Å². The number of alkyl halides is 3. The summed E-state index contributed by atoms with van der Waals surface area (Å²) in [6.07, 6.45) is 0.804. The first-order valence-electron chi connectivity index (χ1n) is 9.86. The molecule has 0 atom stereocenters. The van der Waals surface area contributed by atoms with Crippen LogP contribution in [-0.2, 0) is 11.2 Å². The number of aromatic amines is 1. The second kappa shape index (κ2) is 10.2. The van der Waals surface area contributed by atoms with Crippen LogP contribution in [0.15, 0.2) is 42.6 Å². The van der Waals surface area contributed by atoms with E-state index >= 15 is 0 Å². The Morgan fingerprint density at radius 3 is 2.56 bits per heavy atom. The molecule has 1 aliphatic rings. The first-order chi connectivity index (χ1) is 16.1. The van der Waals surface area contributed by atoms with Crippen LogP contribution in [0.4, 0.5) is 17.6 Å². The highest BCUT2D eigenvalue weighted by molar-refractivity contribution is 5.97. The van der Waals surface area contributed by atoms with E-state index in [0.29, 0.717) is 29.1 Å². The van der Waals surface area contributed by atoms with Gasteiger partial charge in [-0.25, -0.2) is 9.18 Å². The predicted molar refractivity (Wildman–Crippen MR) is 116 cm³/mol. The van der Waals surface area contributed by atoms with Gasteiger partial charge in [-0.05, 0) is 48.6 Å². The number of halogens is 4. The number of benzene rings is 1. The van der Waals surface area contributed by atoms with Gasteiger partial charge in [0.25, 0.3) is 5.91 Å². The number of hydrogen-bond acceptors (Lipinski definition) is 4. The highest BCUT2D eigenvalue weighted by atomic mass is 19.4. The Hall–Kier alpha value is -4.15. The lowest BCUT2D eigenvalue weighted by Crippen LogP contribution is -2.31. The Morgan fingerprint density at radius 2 is 1.91 bits per heavy atom. The lowest BCUT2D eigenvalue weighted by molar-refractivity contribution is -0.192. The maximum Gasteiger partial charge on any atom is 0.490 e. The van der Waals surface area contributed by atoms with Crippen molar-refractivity contribution >= 4 is 24.0 Å². The number of pyridine rings is 1. The fourth-order valence-electron chi connectivity index (χ4n) is 3.11. The maximum atomic E-state index is 14.0. The summed E-state index contributed by atoms with van der Waals surface area (Å²) in [5, 5.41) is 9.96. The van der Waals surface area contributed by atoms with Crippen LogP contribution < -0.4 is 10.1 Å². The number of fused-ring (bicyclic) bond motifs is 1. The van der Waals surface area contributed by atoms with Crippen LogP contribution in [0.1, 0.15) is 27.3 Å². The van der Waals surface area contributed by atoms with Crippen molar-refractivity contribution in [2.75, 3.05) is 13.7 Å². The lowest BCUT2D eigenvalue weighted by Gasteiger charge is -2.10. The molecule has 11 heteroatoms. The molecule has 3 N–H and O–H groups in total. The summed E-state index contributed by atoms with van der Waals surface area (Å²) in [6, 6.07) is 10.2. The van der Waals surface area contributed by atoms with Crippen molar-refractivity contribution in [3.63, 3.8) is 0 Å². The van der Waals surface area contributed by atoms with E-state index in [9.17, 15) is 22.4 Å². The third kappa shape index (κ3) is 6.00. The fourth-order valence-corrected chi connectivity index (χ4v) is 3.11. The summed E-state index contributed by atoms with van der Waals surface area (Å²) >= 11 is 0. The molecule has 34 heavy (non-hydrogen) atoms. The van der Waals surface area contributed by atoms with Gasteiger partial charge in [0.1, 0.15) is 11.6 Å². The standard InChI is InChI=1S/C21H18FN3O2.C2HF3O2/c1-27-16-4-5-18(22)13(11-16)2-3-15-10-14(6-8-23-15)20-12-17-19(25-20)7-9-24-21(17)26;3-2(4,5)1(6)7/h2-6,8,10-12,25H,7,9H2,1H3,(H,24,26);(H,6,7)/b3-2+;. The number of aliphatic carboxylic acids is 1. The van der Waals surface area contributed by atoms with E-state index in [1.165, 1.54) is 6.07 Å². The number of rotatable bonds is 4. The first-order valence-corrected chi connectivity index (χ1v) is 9.86. The van der Waals surface area contributed by atoms with Crippen molar-refractivity contribution in [3.05, 3.63) is 70.9 Å². The van der Waals surface area contributed by atoms with E-state index < -0.39 is 12.1 Å². The van der Waals surface area contributed by atoms with Crippen LogP contribution in [-0.4, -0.2) is 46.8 Å². The Labute approximate surface area is 191 Å². The third-order valence-corrected chi connectivity index (χ3v) is 4.78. The molecule has 0 fully saturated rings. The normalized spacial score (nSPS) is 13.0. The SMILES string of the molecule is COc1ccc(F)c(/C=C/c2cc(-c3cc4c([nH]3)CCNC4=O)ccn2)c1.O=C(O)C(F)(F)F. The molecule has 0 bridgehead atoms. The average Bonchev–Trinajstić information content (AvgIpc) is 3.24. The summed E-state index contributed by atoms with van der Waals surface area (Å²) in [5.74, 6) is -2.55. The van der Waals surface area contributed by atoms with Gasteiger partial charge in [-0.2, -0.15) is 13.2 Å². The minimum Gasteiger partial charge on any atom is -0.497 e. The molecular weight excluding hydrogens is 458 g/mol. The minimum atomic E-state index is -5.08. The van der Waals surface area contributed by atoms with Crippen molar-refractivity contribution in [1.29, 1.82) is 0 Å². The zero-order valence-electron chi connectivity index (χ0n) is 17.7. The summed E-state index contributed by atoms with van der Waals surface area (Å²) in [7, 11) is 1.54. The molecule has 2 aromatic heterocycles. The number of methoxy groups -OCH3 is 1. The predicted octanol–water partition coefficient (Wildman–Crippen LogP) is 4.31. The smallest absolute Gasteiger partial charge is 0.490 e. The van der Waals surface area contributed by atoms with Crippen LogP contribution in [0, 0.1) is 5.82 Å². The number of aromatic nitrogens is 2. The highest BCUT2D eigenvalue weighted by Gasteiger charge is 2.38. The largest absolute Gasteiger partial charge is 0.497 e. The fraction of sp³-hybridized carbons (Fsp3) is 0.174. The van der Waals surface area contributed by atoms with Gasteiger partial charge in [-0.15, -0.1) is 0 Å². The van der Waals surface area contributed by atoms with Crippen molar-refractivity contribution in [3.8, 4) is 17.0 Å². The Morgan fingerprint density at radius 1 is 1.18 bits per heavy atom. The molecule has 3 heterocycles. The van der Waals surface area contributed by atoms with E-state index in [0.717, 1.165) is 23.4 Å². The van der Waals surface area contributed by atoms with Gasteiger partial charge in [-0.3, -0.25) is 9.78 Å². The monoisotopic (exact) mass is 477 g/mol. The van der Waals surface area contributed by atoms with Gasteiger partial charge in [0, 0.05) is 41.7 Å². The zero-order valence-corrected chi connectivity index (χ0v) is 17.7. The summed E-state index contributed by atoms with van der Waals surface area (Å²) in [4.78, 5) is 28.5. The number of nitrogens with zero attached hydrogens (tertiary/aromatic N) is 1. The lowest BCUT2D eigenvalue weighted by atomic mass is 10.1. The van der Waals surface area contributed by atoms with E-state index in [4.69, 9.17) is 14.6 Å². The molecule has 1 amide bonds. The number of carboxylic acids is 1. The number of carboxylic acid groups (broad SMARTS) is 1. The topological polar surface area (TPSA) is 104 Å². The van der Waals surface area contributed by atoms with Crippen molar-refractivity contribution < 1.29 is 37.0 Å². The van der Waals surface area contributed by atoms with E-state index in [1.54, 1.807) is 37.6 Å². The summed E-state index contributed by atoms with van der Waals surface area (Å²) in [5.41, 5.74) is 4.52. The molecular formula is C23H19F4N3O4. The van der Waals surface area contributed by atoms with Crippen molar-refractivity contribution in [2.45, 2.75) is 12.6 Å². The Kier molecular flexibility index (Phi) is 7.34. The molecule has 4 rings (SSSR count). The van der Waals surface area contributed by atoms with Gasteiger partial charge in [0.05, 0.1) is 18.4 Å². The van der Waals surface area contributed by atoms with Gasteiger partial charge in [0.15, 0.2) is 0 Å². The van der Waals surface area contributed by atoms with Crippen LogP contribution in [0.3, 0.4) is 0 Å². The molecule has 0 radical (unpaired) electrons. The van der Waals surface area contributed by atoms with Crippen molar-refractivity contribution in [2.24, 2.45) is 0 Å². The zero-order chi connectivity index (χ0) is 24.9. The van der Waals surface area contributed by atoms with E-state index in [-0.39, 0.29) is 11.7 Å². The van der Waals surface area contributed by atoms with Gasteiger partial charge >= 0.3 is 12.1 Å². The third-order valence-electron chi connectivity index (χ3n) is 4.78. The molecule has 0 spiro atoms. The molecule has 0 aliphatic carbocycles. The molecule has 0 saturated heterocycles. The summed E-state index contributed by atoms with van der Waals surface area (Å²) in [6.45, 7) is 0.641. The average molecular weight is 477 g/mol. The number of H-pyrrole nitrogens is 1. The minimum absolute atomic E-state index is 0.0542. The highest BCUT2D eigenvalue weighted by Crippen LogP contribution is 2.25. The van der Waals surface area contributed by atoms with E-state index in [1.807, 2.05) is 18.2 Å². The molecule has 0 saturated carbocycles. The van der Waals surface area contributed by atoms with Crippen molar-refractivity contribution in [1.82, 2.24) is 15.3 Å². The molecule has 1 aliphatic heterocycles. The van der Waals surface area contributed by atoms with Crippen LogP contribution in [0.2, 0.25) is 0 Å². The number of carbonyl (C=O) groups is 2. The molecule has 178 valence electrons. The second-order valence-electron chi connectivity index (χ2n) is 7.07. The molecule has 1 aromatic carbocycles. The number of carbonyl (C=O) groups excluding carboxylic acids is 1. The number of nitrogens with one attached hydrogen (secondary N) is 2. The van der Waals surface area contributed by atoms with Gasteiger partial charge in [-0.1, -0.05) is 0 Å².